The zero-order valence-corrected chi connectivity index (χ0v) is 23.7. The van der Waals surface area contributed by atoms with Crippen LogP contribution in [0.25, 0.3) is 0 Å². The minimum absolute atomic E-state index is 0.103. The molecule has 1 aliphatic carbocycles. The topological polar surface area (TPSA) is 107 Å². The molecule has 0 bridgehead atoms. The molecule has 0 aliphatic heterocycles. The molecule has 0 spiro atoms. The maximum Gasteiger partial charge on any atom is 0.432 e. The molecule has 1 N–H and O–H groups in total. The average Bonchev–Trinajstić information content (AvgIpc) is 2.66. The summed E-state index contributed by atoms with van der Waals surface area (Å²) in [5.41, 5.74) is -2.52. The molecule has 1 saturated carbocycles. The molecule has 1 aliphatic rings. The van der Waals surface area contributed by atoms with Gasteiger partial charge in [-0.25, -0.2) is 0 Å². The first-order valence-electron chi connectivity index (χ1n) is 12.2. The predicted octanol–water partition coefficient (Wildman–Crippen LogP) is 6.62. The monoisotopic (exact) mass is 578 g/mol. The van der Waals surface area contributed by atoms with Gasteiger partial charge in [0.2, 0.25) is 0 Å². The fraction of sp³-hybridized carbons (Fsp3) is 0.840. The lowest BCUT2D eigenvalue weighted by molar-refractivity contribution is -0.259. The third-order valence-electron chi connectivity index (χ3n) is 7.01. The van der Waals surface area contributed by atoms with E-state index in [0.717, 1.165) is 0 Å². The molecular weight excluding hydrogens is 539 g/mol. The highest BCUT2D eigenvalue weighted by Gasteiger charge is 2.66. The number of esters is 2. The van der Waals surface area contributed by atoms with Crippen LogP contribution in [0, 0.1) is 16.2 Å². The molecule has 0 amide bonds. The maximum atomic E-state index is 13.8. The van der Waals surface area contributed by atoms with Crippen molar-refractivity contribution in [1.29, 1.82) is 0 Å². The van der Waals surface area contributed by atoms with E-state index >= 15 is 0 Å². The van der Waals surface area contributed by atoms with Crippen LogP contribution < -0.4 is 0 Å². The molecule has 0 radical (unpaired) electrons. The number of alkyl halides is 5. The second kappa shape index (κ2) is 11.0. The number of carbonyl (C=O) groups excluding carboxylic acids is 2. The number of hydrogen-bond donors (Lipinski definition) is 1. The molecule has 38 heavy (non-hydrogen) atoms. The summed E-state index contributed by atoms with van der Waals surface area (Å²) < 4.78 is 107. The maximum absolute atomic E-state index is 13.8. The van der Waals surface area contributed by atoms with Gasteiger partial charge in [-0.1, -0.05) is 53.7 Å². The van der Waals surface area contributed by atoms with Gasteiger partial charge in [0.25, 0.3) is 6.10 Å². The van der Waals surface area contributed by atoms with Crippen molar-refractivity contribution in [2.24, 2.45) is 16.2 Å². The van der Waals surface area contributed by atoms with Crippen molar-refractivity contribution in [3.8, 4) is 0 Å². The van der Waals surface area contributed by atoms with Gasteiger partial charge in [0.1, 0.15) is 5.60 Å². The third-order valence-corrected chi connectivity index (χ3v) is 7.92. The first kappa shape index (κ1) is 34.3. The molecule has 1 rings (SSSR count). The molecule has 0 aromatic heterocycles. The molecule has 0 heterocycles. The molecule has 0 aromatic rings. The van der Waals surface area contributed by atoms with Crippen LogP contribution in [-0.4, -0.2) is 48.0 Å². The van der Waals surface area contributed by atoms with E-state index in [2.05, 4.69) is 11.3 Å². The van der Waals surface area contributed by atoms with Gasteiger partial charge < -0.3 is 9.47 Å². The number of rotatable bonds is 9. The van der Waals surface area contributed by atoms with Crippen LogP contribution in [-0.2, 0) is 29.2 Å². The van der Waals surface area contributed by atoms with Crippen molar-refractivity contribution < 1.29 is 54.0 Å². The molecule has 1 fully saturated rings. The largest absolute Gasteiger partial charge is 0.458 e. The van der Waals surface area contributed by atoms with Crippen LogP contribution in [0.3, 0.4) is 0 Å². The summed E-state index contributed by atoms with van der Waals surface area (Å²) in [6.07, 6.45) is -9.81. The van der Waals surface area contributed by atoms with Gasteiger partial charge >= 0.3 is 33.5 Å². The molecule has 13 heteroatoms. The van der Waals surface area contributed by atoms with Crippen molar-refractivity contribution in [2.75, 3.05) is 0 Å². The predicted molar refractivity (Wildman–Crippen MR) is 130 cm³/mol. The Balaban J connectivity index is 3.26. The first-order chi connectivity index (χ1) is 16.7. The number of carbonyl (C=O) groups is 2. The second-order valence-corrected chi connectivity index (χ2v) is 14.1. The summed E-state index contributed by atoms with van der Waals surface area (Å²) >= 11 is 0. The highest BCUT2D eigenvalue weighted by molar-refractivity contribution is 7.86. The Labute approximate surface area is 221 Å². The number of halogens is 5. The zero-order chi connectivity index (χ0) is 30.2. The lowest BCUT2D eigenvalue weighted by Gasteiger charge is -2.47. The second-order valence-electron chi connectivity index (χ2n) is 12.6. The van der Waals surface area contributed by atoms with Gasteiger partial charge in [0, 0.05) is 12.8 Å². The van der Waals surface area contributed by atoms with Gasteiger partial charge in [0.05, 0.1) is 5.41 Å². The van der Waals surface area contributed by atoms with E-state index in [9.17, 15) is 40.0 Å². The normalized spacial score (nSPS) is 22.4. The van der Waals surface area contributed by atoms with Crippen LogP contribution in [0.15, 0.2) is 12.2 Å². The Morgan fingerprint density at radius 2 is 1.58 bits per heavy atom. The van der Waals surface area contributed by atoms with Gasteiger partial charge in [-0.05, 0) is 49.9 Å². The van der Waals surface area contributed by atoms with Gasteiger partial charge in [-0.15, -0.1) is 0 Å². The van der Waals surface area contributed by atoms with Crippen molar-refractivity contribution in [1.82, 2.24) is 0 Å². The first-order valence-corrected chi connectivity index (χ1v) is 13.6. The zero-order valence-electron chi connectivity index (χ0n) is 22.9. The Hall–Kier alpha value is -1.76. The van der Waals surface area contributed by atoms with E-state index < -0.39 is 62.4 Å². The number of hydrogen-bond acceptors (Lipinski definition) is 6. The Morgan fingerprint density at radius 3 is 1.97 bits per heavy atom. The lowest BCUT2D eigenvalue weighted by Crippen LogP contribution is -2.52. The van der Waals surface area contributed by atoms with Crippen molar-refractivity contribution in [2.45, 2.75) is 117 Å². The minimum atomic E-state index is -6.56. The molecule has 0 saturated heterocycles. The SMILES string of the molecule is C=C1CCCC(CCC(=O)OC(C(F)(F)F)C(F)(F)S(=O)(=O)O)(OC(=O)C(C)(CC(C)(C)C)C(C)(C)C)C1. The van der Waals surface area contributed by atoms with Gasteiger partial charge in [-0.3, -0.25) is 14.1 Å². The third kappa shape index (κ3) is 8.37. The van der Waals surface area contributed by atoms with E-state index in [4.69, 9.17) is 9.29 Å². The molecule has 7 nitrogen and oxygen atoms in total. The van der Waals surface area contributed by atoms with Crippen molar-refractivity contribution >= 4 is 22.1 Å². The van der Waals surface area contributed by atoms with E-state index in [-0.39, 0.29) is 24.7 Å². The van der Waals surface area contributed by atoms with E-state index in [1.54, 1.807) is 6.92 Å². The van der Waals surface area contributed by atoms with Crippen molar-refractivity contribution in [3.63, 3.8) is 0 Å². The summed E-state index contributed by atoms with van der Waals surface area (Å²) in [5.74, 6) is -2.37. The standard InChI is InChI=1S/C25H39F5O7S/c1-16-10-9-12-23(14-16,37-19(32)22(8,21(5,6)7)15-20(2,3)4)13-11-17(31)36-18(24(26,27)28)25(29,30)38(33,34)35/h18H,1,9-15H2,2-8H3,(H,33,34,35). The lowest BCUT2D eigenvalue weighted by atomic mass is 9.61. The van der Waals surface area contributed by atoms with E-state index in [1.807, 2.05) is 41.5 Å². The van der Waals surface area contributed by atoms with E-state index in [1.165, 1.54) is 0 Å². The molecule has 222 valence electrons. The summed E-state index contributed by atoms with van der Waals surface area (Å²) in [4.78, 5) is 25.9. The molecule has 0 aromatic carbocycles. The highest BCUT2D eigenvalue weighted by atomic mass is 32.2. The summed E-state index contributed by atoms with van der Waals surface area (Å²) in [7, 11) is -6.56. The van der Waals surface area contributed by atoms with E-state index in [0.29, 0.717) is 24.8 Å². The smallest absolute Gasteiger partial charge is 0.432 e. The molecule has 3 atom stereocenters. The highest BCUT2D eigenvalue weighted by Crippen LogP contribution is 2.49. The Bertz CT molecular complexity index is 1010. The van der Waals surface area contributed by atoms with Crippen LogP contribution in [0.4, 0.5) is 22.0 Å². The minimum Gasteiger partial charge on any atom is -0.458 e. The fourth-order valence-electron chi connectivity index (χ4n) is 4.64. The summed E-state index contributed by atoms with van der Waals surface area (Å²) in [6, 6.07) is 0. The van der Waals surface area contributed by atoms with Crippen LogP contribution in [0.5, 0.6) is 0 Å². The summed E-state index contributed by atoms with van der Waals surface area (Å²) in [6.45, 7) is 17.1. The fourth-order valence-corrected chi connectivity index (χ4v) is 5.09. The molecular formula is C25H39F5O7S. The van der Waals surface area contributed by atoms with Crippen molar-refractivity contribution in [3.05, 3.63) is 12.2 Å². The van der Waals surface area contributed by atoms with Gasteiger partial charge in [0.15, 0.2) is 0 Å². The average molecular weight is 579 g/mol. The number of ether oxygens (including phenoxy) is 2. The summed E-state index contributed by atoms with van der Waals surface area (Å²) in [5, 5.41) is -5.83. The van der Waals surface area contributed by atoms with Crippen LogP contribution in [0.1, 0.15) is 93.4 Å². The Kier molecular flexibility index (Phi) is 9.93. The van der Waals surface area contributed by atoms with Crippen LogP contribution >= 0.6 is 0 Å². The quantitative estimate of drug-likeness (QED) is 0.142. The Morgan fingerprint density at radius 1 is 1.05 bits per heavy atom. The van der Waals surface area contributed by atoms with Gasteiger partial charge in [-0.2, -0.15) is 30.4 Å². The molecule has 3 unspecified atom stereocenters. The van der Waals surface area contributed by atoms with Crippen LogP contribution in [0.2, 0.25) is 0 Å².